The van der Waals surface area contributed by atoms with Crippen LogP contribution in [0.4, 0.5) is 4.39 Å². The number of carbonyl (C=O) groups excluding carboxylic acids is 1. The van der Waals surface area contributed by atoms with Crippen molar-refractivity contribution in [3.63, 3.8) is 0 Å². The molecule has 0 aliphatic heterocycles. The molecule has 0 atom stereocenters. The molecule has 0 saturated carbocycles. The molecule has 0 saturated heterocycles. The van der Waals surface area contributed by atoms with Gasteiger partial charge in [0.25, 0.3) is 5.91 Å². The molecule has 3 nitrogen and oxygen atoms in total. The summed E-state index contributed by atoms with van der Waals surface area (Å²) in [4.78, 5) is 11.8. The molecule has 128 valence electrons. The summed E-state index contributed by atoms with van der Waals surface area (Å²) in [5.74, 6) is 0.683. The second kappa shape index (κ2) is 8.48. The van der Waals surface area contributed by atoms with Crippen molar-refractivity contribution in [2.45, 2.75) is 33.1 Å². The van der Waals surface area contributed by atoms with Crippen LogP contribution in [0.25, 0.3) is 0 Å². The van der Waals surface area contributed by atoms with Crippen molar-refractivity contribution in [3.8, 4) is 5.75 Å². The van der Waals surface area contributed by atoms with Gasteiger partial charge in [-0.15, -0.1) is 0 Å². The van der Waals surface area contributed by atoms with Crippen molar-refractivity contribution in [1.29, 1.82) is 0 Å². The minimum Gasteiger partial charge on any atom is -0.484 e. The molecule has 0 aromatic heterocycles. The maximum Gasteiger partial charge on any atom is 0.257 e. The quantitative estimate of drug-likeness (QED) is 0.834. The third-order valence-corrected chi connectivity index (χ3v) is 3.91. The van der Waals surface area contributed by atoms with E-state index in [9.17, 15) is 9.18 Å². The zero-order valence-electron chi connectivity index (χ0n) is 14.4. The van der Waals surface area contributed by atoms with Crippen LogP contribution in [0.5, 0.6) is 5.75 Å². The zero-order valence-corrected chi connectivity index (χ0v) is 14.4. The Morgan fingerprint density at radius 2 is 1.96 bits per heavy atom. The monoisotopic (exact) mass is 329 g/mol. The lowest BCUT2D eigenvalue weighted by molar-refractivity contribution is -0.123. The number of amides is 1. The highest BCUT2D eigenvalue weighted by molar-refractivity contribution is 5.77. The van der Waals surface area contributed by atoms with Crippen molar-refractivity contribution in [1.82, 2.24) is 5.32 Å². The third kappa shape index (κ3) is 5.08. The summed E-state index contributed by atoms with van der Waals surface area (Å²) in [5, 5.41) is 2.74. The third-order valence-electron chi connectivity index (χ3n) is 3.91. The molecular formula is C20H24FNO2. The number of ether oxygens (including phenoxy) is 1. The predicted molar refractivity (Wildman–Crippen MR) is 93.9 cm³/mol. The first-order valence-electron chi connectivity index (χ1n) is 8.21. The first-order valence-corrected chi connectivity index (χ1v) is 8.21. The molecule has 2 rings (SSSR count). The Morgan fingerprint density at radius 1 is 1.21 bits per heavy atom. The lowest BCUT2D eigenvalue weighted by atomic mass is 9.98. The highest BCUT2D eigenvalue weighted by atomic mass is 19.1. The molecule has 0 radical (unpaired) electrons. The maximum atomic E-state index is 13.5. The highest BCUT2D eigenvalue weighted by Gasteiger charge is 2.07. The fraction of sp³-hybridized carbons (Fsp3) is 0.350. The molecule has 0 unspecified atom stereocenters. The molecule has 0 bridgehead atoms. The van der Waals surface area contributed by atoms with Gasteiger partial charge in [-0.3, -0.25) is 4.79 Å². The Balaban J connectivity index is 1.77. The van der Waals surface area contributed by atoms with E-state index in [1.54, 1.807) is 18.2 Å². The number of benzene rings is 2. The van der Waals surface area contributed by atoms with Crippen LogP contribution in [0.15, 0.2) is 42.5 Å². The smallest absolute Gasteiger partial charge is 0.257 e. The van der Waals surface area contributed by atoms with E-state index in [0.717, 1.165) is 5.56 Å². The molecule has 1 N–H and O–H groups in total. The lowest BCUT2D eigenvalue weighted by Gasteiger charge is -2.12. The van der Waals surface area contributed by atoms with Gasteiger partial charge < -0.3 is 10.1 Å². The maximum absolute atomic E-state index is 13.5. The van der Waals surface area contributed by atoms with E-state index in [1.165, 1.54) is 11.6 Å². The van der Waals surface area contributed by atoms with E-state index in [4.69, 9.17) is 4.74 Å². The summed E-state index contributed by atoms with van der Waals surface area (Å²) >= 11 is 0. The molecule has 1 amide bonds. The lowest BCUT2D eigenvalue weighted by Crippen LogP contribution is -2.30. The van der Waals surface area contributed by atoms with Gasteiger partial charge in [0, 0.05) is 6.54 Å². The molecule has 0 aliphatic rings. The van der Waals surface area contributed by atoms with Crippen LogP contribution in [0.1, 0.15) is 36.5 Å². The number of halogens is 1. The molecular weight excluding hydrogens is 305 g/mol. The van der Waals surface area contributed by atoms with E-state index < -0.39 is 0 Å². The van der Waals surface area contributed by atoms with Gasteiger partial charge >= 0.3 is 0 Å². The standard InChI is InChI=1S/C20H24FNO2/c1-14(2)18-9-8-17(12-15(18)3)24-13-20(23)22-11-10-16-6-4-5-7-19(16)21/h4-9,12,14H,10-11,13H2,1-3H3,(H,22,23). The van der Waals surface area contributed by atoms with Gasteiger partial charge in [-0.1, -0.05) is 38.1 Å². The number of aryl methyl sites for hydroxylation is 1. The van der Waals surface area contributed by atoms with Crippen LogP contribution in [0.3, 0.4) is 0 Å². The van der Waals surface area contributed by atoms with E-state index in [1.807, 2.05) is 25.1 Å². The summed E-state index contributed by atoms with van der Waals surface area (Å²) in [5.41, 5.74) is 3.03. The largest absolute Gasteiger partial charge is 0.484 e. The van der Waals surface area contributed by atoms with Crippen molar-refractivity contribution in [2.75, 3.05) is 13.2 Å². The summed E-state index contributed by atoms with van der Waals surface area (Å²) in [7, 11) is 0. The molecule has 2 aromatic carbocycles. The van der Waals surface area contributed by atoms with Crippen molar-refractivity contribution in [3.05, 3.63) is 65.0 Å². The number of carbonyl (C=O) groups is 1. The van der Waals surface area contributed by atoms with E-state index in [0.29, 0.717) is 30.2 Å². The second-order valence-electron chi connectivity index (χ2n) is 6.15. The van der Waals surface area contributed by atoms with Gasteiger partial charge in [0.2, 0.25) is 0 Å². The number of rotatable bonds is 7. The first-order chi connectivity index (χ1) is 11.5. The molecule has 2 aromatic rings. The summed E-state index contributed by atoms with van der Waals surface area (Å²) in [6.45, 7) is 6.67. The molecule has 4 heteroatoms. The van der Waals surface area contributed by atoms with E-state index in [2.05, 4.69) is 19.2 Å². The van der Waals surface area contributed by atoms with Gasteiger partial charge in [-0.2, -0.15) is 0 Å². The minimum absolute atomic E-state index is 0.0439. The van der Waals surface area contributed by atoms with Crippen LogP contribution < -0.4 is 10.1 Å². The van der Waals surface area contributed by atoms with Crippen molar-refractivity contribution in [2.24, 2.45) is 0 Å². The average Bonchev–Trinajstić information content (AvgIpc) is 2.54. The van der Waals surface area contributed by atoms with E-state index in [-0.39, 0.29) is 18.3 Å². The highest BCUT2D eigenvalue weighted by Crippen LogP contribution is 2.23. The van der Waals surface area contributed by atoms with Gasteiger partial charge in [-0.25, -0.2) is 4.39 Å². The van der Waals surface area contributed by atoms with Gasteiger partial charge in [0.15, 0.2) is 6.61 Å². The Kier molecular flexibility index (Phi) is 6.36. The minimum atomic E-state index is -0.247. The molecule has 0 spiro atoms. The number of hydrogen-bond acceptors (Lipinski definition) is 2. The van der Waals surface area contributed by atoms with Crippen LogP contribution >= 0.6 is 0 Å². The van der Waals surface area contributed by atoms with Crippen LogP contribution in [-0.4, -0.2) is 19.1 Å². The number of hydrogen-bond donors (Lipinski definition) is 1. The Morgan fingerprint density at radius 3 is 2.62 bits per heavy atom. The van der Waals surface area contributed by atoms with E-state index >= 15 is 0 Å². The van der Waals surface area contributed by atoms with Gasteiger partial charge in [-0.05, 0) is 54.2 Å². The molecule has 0 aliphatic carbocycles. The molecule has 0 heterocycles. The molecule has 0 fully saturated rings. The number of nitrogens with one attached hydrogen (secondary N) is 1. The summed E-state index contributed by atoms with van der Waals surface area (Å²) < 4.78 is 19.0. The molecule has 24 heavy (non-hydrogen) atoms. The van der Waals surface area contributed by atoms with Gasteiger partial charge in [0.1, 0.15) is 11.6 Å². The summed E-state index contributed by atoms with van der Waals surface area (Å²) in [6, 6.07) is 12.4. The van der Waals surface area contributed by atoms with Crippen molar-refractivity contribution < 1.29 is 13.9 Å². The zero-order chi connectivity index (χ0) is 17.5. The second-order valence-corrected chi connectivity index (χ2v) is 6.15. The SMILES string of the molecule is Cc1cc(OCC(=O)NCCc2ccccc2F)ccc1C(C)C. The van der Waals surface area contributed by atoms with Crippen molar-refractivity contribution >= 4 is 5.91 Å². The Hall–Kier alpha value is -2.36. The van der Waals surface area contributed by atoms with Crippen LogP contribution in [0, 0.1) is 12.7 Å². The van der Waals surface area contributed by atoms with Crippen LogP contribution in [0.2, 0.25) is 0 Å². The predicted octanol–water partition coefficient (Wildman–Crippen LogP) is 4.00. The Bertz CT molecular complexity index is 698. The normalized spacial score (nSPS) is 10.7. The summed E-state index contributed by atoms with van der Waals surface area (Å²) in [6.07, 6.45) is 0.459. The topological polar surface area (TPSA) is 38.3 Å². The first kappa shape index (κ1) is 18.0. The fourth-order valence-electron chi connectivity index (χ4n) is 2.62. The Labute approximate surface area is 142 Å². The van der Waals surface area contributed by atoms with Crippen LogP contribution in [-0.2, 0) is 11.2 Å². The average molecular weight is 329 g/mol. The fourth-order valence-corrected chi connectivity index (χ4v) is 2.62. The van der Waals surface area contributed by atoms with Gasteiger partial charge in [0.05, 0.1) is 0 Å².